The molecule has 1 amide bonds. The number of halogens is 4. The molecular weight excluding hydrogens is 473 g/mol. The molecule has 0 saturated heterocycles. The van der Waals surface area contributed by atoms with E-state index in [1.54, 1.807) is 26.0 Å². The first-order chi connectivity index (χ1) is 14.8. The van der Waals surface area contributed by atoms with E-state index in [0.717, 1.165) is 16.8 Å². The van der Waals surface area contributed by atoms with Crippen LogP contribution in [0.15, 0.2) is 41.3 Å². The van der Waals surface area contributed by atoms with Crippen LogP contribution in [0.5, 0.6) is 5.75 Å². The highest BCUT2D eigenvalue weighted by molar-refractivity contribution is 7.90. The molecule has 0 saturated carbocycles. The van der Waals surface area contributed by atoms with Gasteiger partial charge >= 0.3 is 6.36 Å². The Kier molecular flexibility index (Phi) is 6.20. The Morgan fingerprint density at radius 2 is 1.81 bits per heavy atom. The quantitative estimate of drug-likeness (QED) is 0.585. The van der Waals surface area contributed by atoms with Gasteiger partial charge in [-0.3, -0.25) is 4.79 Å². The van der Waals surface area contributed by atoms with Crippen molar-refractivity contribution >= 4 is 27.5 Å². The summed E-state index contributed by atoms with van der Waals surface area (Å²) < 4.78 is 69.3. The summed E-state index contributed by atoms with van der Waals surface area (Å²) in [5.74, 6) is -1.57. The number of ether oxygens (including phenoxy) is 1. The fraction of sp³-hybridized carbons (Fsp3) is 0.211. The highest BCUT2D eigenvalue weighted by Crippen LogP contribution is 2.30. The molecule has 32 heavy (non-hydrogen) atoms. The van der Waals surface area contributed by atoms with Crippen molar-refractivity contribution in [1.29, 1.82) is 0 Å². The third-order valence-corrected chi connectivity index (χ3v) is 6.13. The molecule has 13 heteroatoms. The first-order valence-corrected chi connectivity index (χ1v) is 10.8. The predicted molar refractivity (Wildman–Crippen MR) is 108 cm³/mol. The number of aromatic nitrogens is 3. The highest BCUT2D eigenvalue weighted by Gasteiger charge is 2.31. The van der Waals surface area contributed by atoms with Crippen molar-refractivity contribution in [1.82, 2.24) is 19.7 Å². The van der Waals surface area contributed by atoms with Crippen LogP contribution < -0.4 is 9.46 Å². The standard InChI is InChI=1S/C19H16ClF3N4O4S/c1-10-4-5-11(2)16(8-10)32(29,30)25-18(28)17-12(3)27(26-24-17)15-7-6-13(9-14(15)20)31-19(21,22)23/h4-9H,1-3H3,(H,25,28). The summed E-state index contributed by atoms with van der Waals surface area (Å²) in [4.78, 5) is 12.6. The third kappa shape index (κ3) is 5.02. The fourth-order valence-electron chi connectivity index (χ4n) is 2.85. The van der Waals surface area contributed by atoms with Crippen LogP contribution in [-0.2, 0) is 10.0 Å². The molecule has 1 heterocycles. The van der Waals surface area contributed by atoms with Crippen LogP contribution in [0.3, 0.4) is 0 Å². The van der Waals surface area contributed by atoms with Gasteiger partial charge in [0.05, 0.1) is 21.3 Å². The minimum Gasteiger partial charge on any atom is -0.406 e. The van der Waals surface area contributed by atoms with Crippen molar-refractivity contribution in [2.45, 2.75) is 32.0 Å². The Balaban J connectivity index is 1.89. The van der Waals surface area contributed by atoms with Crippen LogP contribution in [0.25, 0.3) is 5.69 Å². The zero-order chi connectivity index (χ0) is 23.8. The van der Waals surface area contributed by atoms with E-state index in [1.807, 2.05) is 4.72 Å². The van der Waals surface area contributed by atoms with Gasteiger partial charge in [0, 0.05) is 6.07 Å². The SMILES string of the molecule is Cc1ccc(C)c(S(=O)(=O)NC(=O)c2nnn(-c3ccc(OC(F)(F)F)cc3Cl)c2C)c1. The maximum absolute atomic E-state index is 12.7. The number of hydrogen-bond donors (Lipinski definition) is 1. The van der Waals surface area contributed by atoms with Gasteiger partial charge in [0.25, 0.3) is 15.9 Å². The van der Waals surface area contributed by atoms with Gasteiger partial charge < -0.3 is 4.74 Å². The molecule has 8 nitrogen and oxygen atoms in total. The third-order valence-electron chi connectivity index (χ3n) is 4.35. The van der Waals surface area contributed by atoms with Crippen LogP contribution in [0.4, 0.5) is 13.2 Å². The van der Waals surface area contributed by atoms with Crippen molar-refractivity contribution in [3.63, 3.8) is 0 Å². The van der Waals surface area contributed by atoms with Crippen molar-refractivity contribution in [3.05, 3.63) is 63.9 Å². The van der Waals surface area contributed by atoms with Gasteiger partial charge in [-0.25, -0.2) is 17.8 Å². The second kappa shape index (κ2) is 8.43. The molecule has 0 aliphatic carbocycles. The number of nitrogens with one attached hydrogen (secondary N) is 1. The summed E-state index contributed by atoms with van der Waals surface area (Å²) >= 11 is 6.04. The number of aryl methyl sites for hydroxylation is 2. The predicted octanol–water partition coefficient (Wildman–Crippen LogP) is 3.86. The minimum absolute atomic E-state index is 0.0563. The zero-order valence-electron chi connectivity index (χ0n) is 16.9. The normalized spacial score (nSPS) is 12.0. The molecule has 0 bridgehead atoms. The molecule has 1 aromatic heterocycles. The lowest BCUT2D eigenvalue weighted by atomic mass is 10.2. The van der Waals surface area contributed by atoms with Crippen LogP contribution in [0.1, 0.15) is 27.3 Å². The number of sulfonamides is 1. The van der Waals surface area contributed by atoms with Crippen molar-refractivity contribution in [2.75, 3.05) is 0 Å². The van der Waals surface area contributed by atoms with Crippen molar-refractivity contribution in [3.8, 4) is 11.4 Å². The smallest absolute Gasteiger partial charge is 0.406 e. The zero-order valence-corrected chi connectivity index (χ0v) is 18.4. The number of benzene rings is 2. The van der Waals surface area contributed by atoms with Gasteiger partial charge in [0.1, 0.15) is 5.75 Å². The number of hydrogen-bond acceptors (Lipinski definition) is 6. The van der Waals surface area contributed by atoms with E-state index in [4.69, 9.17) is 11.6 Å². The molecule has 1 N–H and O–H groups in total. The van der Waals surface area contributed by atoms with Crippen LogP contribution >= 0.6 is 11.6 Å². The lowest BCUT2D eigenvalue weighted by Crippen LogP contribution is -2.32. The summed E-state index contributed by atoms with van der Waals surface area (Å²) in [5, 5.41) is 7.31. The lowest BCUT2D eigenvalue weighted by Gasteiger charge is -2.11. The Morgan fingerprint density at radius 3 is 2.44 bits per heavy atom. The van der Waals surface area contributed by atoms with E-state index in [0.29, 0.717) is 11.1 Å². The molecule has 3 rings (SSSR count). The van der Waals surface area contributed by atoms with E-state index < -0.39 is 28.0 Å². The second-order valence-corrected chi connectivity index (χ2v) is 8.86. The second-order valence-electron chi connectivity index (χ2n) is 6.80. The van der Waals surface area contributed by atoms with E-state index >= 15 is 0 Å². The molecular formula is C19H16ClF3N4O4S. The maximum atomic E-state index is 12.7. The Hall–Kier alpha value is -3.12. The number of amides is 1. The topological polar surface area (TPSA) is 103 Å². The Bertz CT molecular complexity index is 1310. The Labute approximate surface area is 186 Å². The van der Waals surface area contributed by atoms with Crippen LogP contribution in [-0.4, -0.2) is 35.7 Å². The van der Waals surface area contributed by atoms with Crippen molar-refractivity contribution in [2.24, 2.45) is 0 Å². The first-order valence-electron chi connectivity index (χ1n) is 8.91. The summed E-state index contributed by atoms with van der Waals surface area (Å²) in [6.07, 6.45) is -4.89. The van der Waals surface area contributed by atoms with Crippen LogP contribution in [0, 0.1) is 20.8 Å². The average Bonchev–Trinajstić information content (AvgIpc) is 3.03. The highest BCUT2D eigenvalue weighted by atomic mass is 35.5. The van der Waals surface area contributed by atoms with E-state index in [-0.39, 0.29) is 27.0 Å². The van der Waals surface area contributed by atoms with Gasteiger partial charge in [-0.1, -0.05) is 28.9 Å². The lowest BCUT2D eigenvalue weighted by molar-refractivity contribution is -0.274. The molecule has 0 atom stereocenters. The van der Waals surface area contributed by atoms with E-state index in [1.165, 1.54) is 19.1 Å². The van der Waals surface area contributed by atoms with E-state index in [2.05, 4.69) is 15.0 Å². The van der Waals surface area contributed by atoms with Crippen LogP contribution in [0.2, 0.25) is 5.02 Å². The van der Waals surface area contributed by atoms with Crippen molar-refractivity contribution < 1.29 is 31.1 Å². The molecule has 2 aromatic carbocycles. The van der Waals surface area contributed by atoms with Gasteiger partial charge in [-0.15, -0.1) is 18.3 Å². The Morgan fingerprint density at radius 1 is 1.12 bits per heavy atom. The summed E-state index contributed by atoms with van der Waals surface area (Å²) in [6, 6.07) is 7.92. The molecule has 3 aromatic rings. The molecule has 0 spiro atoms. The van der Waals surface area contributed by atoms with Gasteiger partial charge in [-0.2, -0.15) is 0 Å². The summed E-state index contributed by atoms with van der Waals surface area (Å²) in [6.45, 7) is 4.73. The average molecular weight is 489 g/mol. The molecule has 0 aliphatic heterocycles. The number of alkyl halides is 3. The minimum atomic E-state index is -4.89. The van der Waals surface area contributed by atoms with Gasteiger partial charge in [-0.05, 0) is 50.1 Å². The number of carbonyl (C=O) groups excluding carboxylic acids is 1. The number of carbonyl (C=O) groups is 1. The maximum Gasteiger partial charge on any atom is 0.573 e. The largest absolute Gasteiger partial charge is 0.573 e. The molecule has 170 valence electrons. The molecule has 0 unspecified atom stereocenters. The number of rotatable bonds is 5. The van der Waals surface area contributed by atoms with Gasteiger partial charge in [0.15, 0.2) is 5.69 Å². The van der Waals surface area contributed by atoms with E-state index in [9.17, 15) is 26.4 Å². The molecule has 0 aliphatic rings. The summed E-state index contributed by atoms with van der Waals surface area (Å²) in [5.41, 5.74) is 1.07. The molecule has 0 fully saturated rings. The fourth-order valence-corrected chi connectivity index (χ4v) is 4.38. The molecule has 0 radical (unpaired) electrons. The van der Waals surface area contributed by atoms with Gasteiger partial charge in [0.2, 0.25) is 0 Å². The number of nitrogens with zero attached hydrogens (tertiary/aromatic N) is 3. The first kappa shape index (κ1) is 23.5. The summed E-state index contributed by atoms with van der Waals surface area (Å²) in [7, 11) is -4.19. The monoisotopic (exact) mass is 488 g/mol.